The number of nitrogens with zero attached hydrogens (tertiary/aromatic N) is 1. The molecule has 0 aromatic rings. The zero-order valence-corrected chi connectivity index (χ0v) is 11.1. The number of hydrogen-bond acceptors (Lipinski definition) is 4. The van der Waals surface area contributed by atoms with Crippen molar-refractivity contribution < 1.29 is 24.3 Å². The summed E-state index contributed by atoms with van der Waals surface area (Å²) >= 11 is 0. The molecule has 1 atom stereocenters. The number of amides is 4. The third-order valence-electron chi connectivity index (χ3n) is 2.73. The molecule has 1 unspecified atom stereocenters. The molecule has 0 bridgehead atoms. The summed E-state index contributed by atoms with van der Waals surface area (Å²) in [5.41, 5.74) is 0. The monoisotopic (exact) mass is 286 g/mol. The quantitative estimate of drug-likeness (QED) is 0.469. The molecule has 1 rings (SSSR count). The number of urea groups is 1. The second-order valence-corrected chi connectivity index (χ2v) is 4.22. The van der Waals surface area contributed by atoms with Crippen LogP contribution in [-0.4, -0.2) is 66.0 Å². The third-order valence-corrected chi connectivity index (χ3v) is 2.73. The van der Waals surface area contributed by atoms with Gasteiger partial charge in [0.25, 0.3) is 0 Å². The van der Waals surface area contributed by atoms with E-state index in [1.165, 1.54) is 0 Å². The van der Waals surface area contributed by atoms with Crippen molar-refractivity contribution in [1.29, 1.82) is 0 Å². The normalized spacial score (nSPS) is 18.1. The fraction of sp³-hybridized carbons (Fsp3) is 0.636. The molecule has 0 aromatic carbocycles. The summed E-state index contributed by atoms with van der Waals surface area (Å²) in [7, 11) is 0. The van der Waals surface area contributed by atoms with Crippen molar-refractivity contribution in [3.63, 3.8) is 0 Å². The average molecular weight is 286 g/mol. The second kappa shape index (κ2) is 7.31. The lowest BCUT2D eigenvalue weighted by Gasteiger charge is -2.32. The molecular weight excluding hydrogens is 268 g/mol. The average Bonchev–Trinajstić information content (AvgIpc) is 2.38. The zero-order chi connectivity index (χ0) is 15.1. The van der Waals surface area contributed by atoms with Gasteiger partial charge in [-0.05, 0) is 6.92 Å². The first-order chi connectivity index (χ1) is 9.45. The van der Waals surface area contributed by atoms with Crippen LogP contribution >= 0.6 is 0 Å². The van der Waals surface area contributed by atoms with Crippen LogP contribution in [0.25, 0.3) is 0 Å². The van der Waals surface area contributed by atoms with Gasteiger partial charge >= 0.3 is 12.0 Å². The maximum absolute atomic E-state index is 11.8. The van der Waals surface area contributed by atoms with E-state index in [4.69, 9.17) is 5.11 Å². The molecule has 9 heteroatoms. The van der Waals surface area contributed by atoms with Gasteiger partial charge in [0.2, 0.25) is 11.8 Å². The summed E-state index contributed by atoms with van der Waals surface area (Å²) in [5, 5.41) is 16.4. The molecule has 0 radical (unpaired) electrons. The SMILES string of the molecule is CCNC(=O)CCNC(=O)N1CC(=O)NCC1C(=O)O. The molecule has 1 aliphatic rings. The number of rotatable bonds is 5. The molecule has 0 spiro atoms. The second-order valence-electron chi connectivity index (χ2n) is 4.22. The van der Waals surface area contributed by atoms with Gasteiger partial charge in [-0.25, -0.2) is 9.59 Å². The predicted octanol–water partition coefficient (Wildman–Crippen LogP) is -1.89. The van der Waals surface area contributed by atoms with Crippen molar-refractivity contribution in [1.82, 2.24) is 20.9 Å². The van der Waals surface area contributed by atoms with Gasteiger partial charge in [-0.15, -0.1) is 0 Å². The van der Waals surface area contributed by atoms with Crippen LogP contribution < -0.4 is 16.0 Å². The molecule has 4 N–H and O–H groups in total. The Morgan fingerprint density at radius 1 is 1.40 bits per heavy atom. The summed E-state index contributed by atoms with van der Waals surface area (Å²) in [4.78, 5) is 46.2. The lowest BCUT2D eigenvalue weighted by molar-refractivity contribution is -0.144. The first kappa shape index (κ1) is 15.7. The van der Waals surface area contributed by atoms with E-state index in [9.17, 15) is 19.2 Å². The number of nitrogens with one attached hydrogen (secondary N) is 3. The molecule has 112 valence electrons. The Labute approximate surface area is 115 Å². The maximum atomic E-state index is 11.8. The fourth-order valence-electron chi connectivity index (χ4n) is 1.75. The van der Waals surface area contributed by atoms with Crippen LogP contribution in [0.3, 0.4) is 0 Å². The van der Waals surface area contributed by atoms with E-state index < -0.39 is 23.9 Å². The third kappa shape index (κ3) is 4.41. The van der Waals surface area contributed by atoms with Gasteiger partial charge < -0.3 is 21.1 Å². The first-order valence-electron chi connectivity index (χ1n) is 6.26. The van der Waals surface area contributed by atoms with E-state index >= 15 is 0 Å². The molecule has 1 saturated heterocycles. The lowest BCUT2D eigenvalue weighted by Crippen LogP contribution is -2.61. The van der Waals surface area contributed by atoms with Crippen molar-refractivity contribution in [3.05, 3.63) is 0 Å². The molecule has 0 aromatic heterocycles. The van der Waals surface area contributed by atoms with Crippen molar-refractivity contribution >= 4 is 23.8 Å². The van der Waals surface area contributed by atoms with Crippen LogP contribution in [0.1, 0.15) is 13.3 Å². The van der Waals surface area contributed by atoms with Crippen LogP contribution in [0.15, 0.2) is 0 Å². The summed E-state index contributed by atoms with van der Waals surface area (Å²) in [6.07, 6.45) is 0.0946. The van der Waals surface area contributed by atoms with Crippen molar-refractivity contribution in [3.8, 4) is 0 Å². The van der Waals surface area contributed by atoms with Gasteiger partial charge in [-0.2, -0.15) is 0 Å². The van der Waals surface area contributed by atoms with Crippen LogP contribution in [0.5, 0.6) is 0 Å². The van der Waals surface area contributed by atoms with Crippen molar-refractivity contribution in [2.75, 3.05) is 26.2 Å². The summed E-state index contributed by atoms with van der Waals surface area (Å²) in [6, 6.07) is -1.77. The van der Waals surface area contributed by atoms with E-state index in [1.807, 2.05) is 0 Å². The number of hydrogen-bond donors (Lipinski definition) is 4. The number of carbonyl (C=O) groups is 4. The Balaban J connectivity index is 2.48. The minimum atomic E-state index is -1.19. The van der Waals surface area contributed by atoms with E-state index in [2.05, 4.69) is 16.0 Å². The van der Waals surface area contributed by atoms with Crippen LogP contribution in [-0.2, 0) is 14.4 Å². The molecule has 0 saturated carbocycles. The van der Waals surface area contributed by atoms with Gasteiger partial charge in [-0.1, -0.05) is 0 Å². The lowest BCUT2D eigenvalue weighted by atomic mass is 10.2. The maximum Gasteiger partial charge on any atom is 0.328 e. The van der Waals surface area contributed by atoms with Crippen LogP contribution in [0, 0.1) is 0 Å². The van der Waals surface area contributed by atoms with Gasteiger partial charge in [-0.3, -0.25) is 14.5 Å². The molecule has 1 fully saturated rings. The molecule has 1 aliphatic heterocycles. The largest absolute Gasteiger partial charge is 0.480 e. The highest BCUT2D eigenvalue weighted by atomic mass is 16.4. The van der Waals surface area contributed by atoms with Gasteiger partial charge in [0.1, 0.15) is 12.6 Å². The van der Waals surface area contributed by atoms with Crippen LogP contribution in [0.4, 0.5) is 4.79 Å². The molecule has 20 heavy (non-hydrogen) atoms. The van der Waals surface area contributed by atoms with Crippen molar-refractivity contribution in [2.45, 2.75) is 19.4 Å². The number of aliphatic carboxylic acids is 1. The van der Waals surface area contributed by atoms with E-state index in [1.54, 1.807) is 6.92 Å². The van der Waals surface area contributed by atoms with Gasteiger partial charge in [0, 0.05) is 26.1 Å². The van der Waals surface area contributed by atoms with Crippen LogP contribution in [0.2, 0.25) is 0 Å². The number of carboxylic acid groups (broad SMARTS) is 1. The highest BCUT2D eigenvalue weighted by molar-refractivity contribution is 5.90. The smallest absolute Gasteiger partial charge is 0.328 e. The summed E-state index contributed by atoms with van der Waals surface area (Å²) < 4.78 is 0. The Morgan fingerprint density at radius 3 is 2.70 bits per heavy atom. The number of carboxylic acids is 1. The molecule has 9 nitrogen and oxygen atoms in total. The number of piperazine rings is 1. The number of carbonyl (C=O) groups excluding carboxylic acids is 3. The highest BCUT2D eigenvalue weighted by Gasteiger charge is 2.35. The van der Waals surface area contributed by atoms with E-state index in [0.717, 1.165) is 4.90 Å². The van der Waals surface area contributed by atoms with E-state index in [0.29, 0.717) is 6.54 Å². The van der Waals surface area contributed by atoms with Gasteiger partial charge in [0.15, 0.2) is 0 Å². The molecule has 1 heterocycles. The minimum Gasteiger partial charge on any atom is -0.480 e. The van der Waals surface area contributed by atoms with E-state index in [-0.39, 0.29) is 32.0 Å². The van der Waals surface area contributed by atoms with Crippen molar-refractivity contribution in [2.24, 2.45) is 0 Å². The molecule has 4 amide bonds. The summed E-state index contributed by atoms with van der Waals surface area (Å²) in [5.74, 6) is -1.82. The Kier molecular flexibility index (Phi) is 5.75. The molecular formula is C11H18N4O5. The summed E-state index contributed by atoms with van der Waals surface area (Å²) in [6.45, 7) is 1.91. The standard InChI is InChI=1S/C11H18N4O5/c1-2-12-8(16)3-4-13-11(20)15-6-9(17)14-5-7(15)10(18)19/h7H,2-6H2,1H3,(H,12,16)(H,13,20)(H,14,17)(H,18,19). The fourth-order valence-corrected chi connectivity index (χ4v) is 1.75. The predicted molar refractivity (Wildman–Crippen MR) is 67.8 cm³/mol. The minimum absolute atomic E-state index is 0.0785. The Morgan fingerprint density at radius 2 is 2.10 bits per heavy atom. The topological polar surface area (TPSA) is 128 Å². The van der Waals surface area contributed by atoms with Gasteiger partial charge in [0.05, 0.1) is 0 Å². The Hall–Kier alpha value is -2.32. The highest BCUT2D eigenvalue weighted by Crippen LogP contribution is 2.04. The Bertz CT molecular complexity index is 412. The first-order valence-corrected chi connectivity index (χ1v) is 6.26. The molecule has 0 aliphatic carbocycles. The zero-order valence-electron chi connectivity index (χ0n) is 11.1.